The highest BCUT2D eigenvalue weighted by Crippen LogP contribution is 2.29. The van der Waals surface area contributed by atoms with E-state index in [-0.39, 0.29) is 18.3 Å². The van der Waals surface area contributed by atoms with E-state index in [4.69, 9.17) is 20.8 Å². The van der Waals surface area contributed by atoms with Crippen molar-refractivity contribution in [2.24, 2.45) is 5.10 Å². The molecule has 3 aromatic heterocycles. The van der Waals surface area contributed by atoms with Crippen molar-refractivity contribution in [3.63, 3.8) is 0 Å². The lowest BCUT2D eigenvalue weighted by atomic mass is 10.2. The lowest BCUT2D eigenvalue weighted by Crippen LogP contribution is -2.19. The second-order valence-corrected chi connectivity index (χ2v) is 9.63. The summed E-state index contributed by atoms with van der Waals surface area (Å²) in [6, 6.07) is 22.5. The van der Waals surface area contributed by atoms with E-state index < -0.39 is 0 Å². The minimum atomic E-state index is -0.300. The molecular formula is C28H23ClN6O3S. The molecule has 11 heteroatoms. The zero-order chi connectivity index (χ0) is 27.0. The molecule has 5 aromatic rings. The van der Waals surface area contributed by atoms with Gasteiger partial charge in [-0.15, -0.1) is 10.2 Å². The Morgan fingerprint density at radius 3 is 2.77 bits per heavy atom. The highest BCUT2D eigenvalue weighted by Gasteiger charge is 2.17. The molecule has 2 aromatic carbocycles. The summed E-state index contributed by atoms with van der Waals surface area (Å²) in [6.45, 7) is 2.14. The van der Waals surface area contributed by atoms with Crippen LogP contribution in [-0.4, -0.2) is 37.6 Å². The van der Waals surface area contributed by atoms with Gasteiger partial charge in [0.1, 0.15) is 23.9 Å². The number of hydrogen-bond donors (Lipinski definition) is 1. The van der Waals surface area contributed by atoms with Crippen LogP contribution in [0.5, 0.6) is 5.75 Å². The second kappa shape index (κ2) is 12.4. The molecule has 3 heterocycles. The van der Waals surface area contributed by atoms with Crippen LogP contribution in [-0.2, 0) is 11.4 Å². The van der Waals surface area contributed by atoms with Crippen LogP contribution in [0.3, 0.4) is 0 Å². The number of nitrogens with zero attached hydrogens (tertiary/aromatic N) is 5. The zero-order valence-corrected chi connectivity index (χ0v) is 22.4. The summed E-state index contributed by atoms with van der Waals surface area (Å²) in [5, 5.41) is 13.8. The number of ether oxygens (including phenoxy) is 1. The van der Waals surface area contributed by atoms with E-state index in [2.05, 4.69) is 25.7 Å². The number of aromatic nitrogens is 4. The lowest BCUT2D eigenvalue weighted by molar-refractivity contribution is -0.118. The van der Waals surface area contributed by atoms with Gasteiger partial charge in [-0.25, -0.2) is 5.43 Å². The second-order valence-electron chi connectivity index (χ2n) is 8.28. The van der Waals surface area contributed by atoms with Crippen molar-refractivity contribution in [1.82, 2.24) is 25.2 Å². The van der Waals surface area contributed by atoms with Gasteiger partial charge >= 0.3 is 0 Å². The van der Waals surface area contributed by atoms with Crippen molar-refractivity contribution in [1.29, 1.82) is 0 Å². The standard InChI is InChI=1S/C28H23ClN6O3S/c1-19-7-5-11-24(29)26(19)37-17-23-13-12-22(38-23)16-31-32-25(36)18-39-28-34-33-27(20-8-6-14-30-15-20)35(28)21-9-3-2-4-10-21/h2-16H,17-18H2,1H3,(H,32,36)/b31-16+. The number of aryl methyl sites for hydroxylation is 1. The number of furan rings is 1. The third-order valence-electron chi connectivity index (χ3n) is 5.49. The van der Waals surface area contributed by atoms with Crippen molar-refractivity contribution >= 4 is 35.5 Å². The van der Waals surface area contributed by atoms with E-state index in [1.54, 1.807) is 30.6 Å². The average Bonchev–Trinajstić information content (AvgIpc) is 3.60. The van der Waals surface area contributed by atoms with Gasteiger partial charge in [-0.3, -0.25) is 14.3 Å². The molecule has 0 spiro atoms. The number of nitrogens with one attached hydrogen (secondary N) is 1. The average molecular weight is 559 g/mol. The van der Waals surface area contributed by atoms with Crippen LogP contribution < -0.4 is 10.2 Å². The van der Waals surface area contributed by atoms with Gasteiger partial charge in [0.2, 0.25) is 0 Å². The Hall–Kier alpha value is -4.41. The molecule has 0 atom stereocenters. The third-order valence-corrected chi connectivity index (χ3v) is 6.71. The SMILES string of the molecule is Cc1cccc(Cl)c1OCc1ccc(/C=N/NC(=O)CSc2nnc(-c3cccnc3)n2-c2ccccc2)o1. The Balaban J connectivity index is 1.18. The van der Waals surface area contributed by atoms with Crippen molar-refractivity contribution < 1.29 is 13.9 Å². The van der Waals surface area contributed by atoms with E-state index in [0.29, 0.717) is 33.3 Å². The van der Waals surface area contributed by atoms with Crippen LogP contribution in [0.4, 0.5) is 0 Å². The number of halogens is 1. The van der Waals surface area contributed by atoms with Crippen LogP contribution >= 0.6 is 23.4 Å². The van der Waals surface area contributed by atoms with Gasteiger partial charge in [0, 0.05) is 23.6 Å². The van der Waals surface area contributed by atoms with E-state index in [1.807, 2.05) is 66.1 Å². The van der Waals surface area contributed by atoms with Gasteiger partial charge in [0.05, 0.1) is 17.0 Å². The van der Waals surface area contributed by atoms with Gasteiger partial charge < -0.3 is 9.15 Å². The van der Waals surface area contributed by atoms with E-state index >= 15 is 0 Å². The first-order chi connectivity index (χ1) is 19.1. The van der Waals surface area contributed by atoms with Crippen molar-refractivity contribution in [2.45, 2.75) is 18.7 Å². The van der Waals surface area contributed by atoms with Crippen molar-refractivity contribution in [3.05, 3.63) is 107 Å². The highest BCUT2D eigenvalue weighted by molar-refractivity contribution is 7.99. The number of para-hydroxylation sites is 2. The Bertz CT molecular complexity index is 1570. The predicted molar refractivity (Wildman–Crippen MR) is 150 cm³/mol. The number of rotatable bonds is 10. The fourth-order valence-electron chi connectivity index (χ4n) is 3.67. The fourth-order valence-corrected chi connectivity index (χ4v) is 4.69. The number of hydrazone groups is 1. The Kier molecular flexibility index (Phi) is 8.35. The summed E-state index contributed by atoms with van der Waals surface area (Å²) in [5.74, 6) is 2.11. The first-order valence-electron chi connectivity index (χ1n) is 11.9. The van der Waals surface area contributed by atoms with Crippen LogP contribution in [0.15, 0.2) is 99.9 Å². The number of carbonyl (C=O) groups is 1. The quantitative estimate of drug-likeness (QED) is 0.133. The molecule has 1 N–H and O–H groups in total. The third kappa shape index (κ3) is 6.54. The van der Waals surface area contributed by atoms with Crippen LogP contribution in [0.2, 0.25) is 5.02 Å². The minimum absolute atomic E-state index is 0.0871. The number of amides is 1. The van der Waals surface area contributed by atoms with Gasteiger partial charge in [-0.05, 0) is 55.0 Å². The van der Waals surface area contributed by atoms with Gasteiger partial charge in [-0.2, -0.15) is 5.10 Å². The van der Waals surface area contributed by atoms with E-state index in [1.165, 1.54) is 18.0 Å². The molecule has 0 radical (unpaired) electrons. The molecule has 0 fully saturated rings. The zero-order valence-electron chi connectivity index (χ0n) is 20.8. The highest BCUT2D eigenvalue weighted by atomic mass is 35.5. The normalized spacial score (nSPS) is 11.1. The summed E-state index contributed by atoms with van der Waals surface area (Å²) >= 11 is 7.46. The smallest absolute Gasteiger partial charge is 0.250 e. The maximum atomic E-state index is 12.5. The Morgan fingerprint density at radius 1 is 1.10 bits per heavy atom. The molecule has 196 valence electrons. The van der Waals surface area contributed by atoms with E-state index in [0.717, 1.165) is 16.8 Å². The molecule has 9 nitrogen and oxygen atoms in total. The van der Waals surface area contributed by atoms with Gasteiger partial charge in [-0.1, -0.05) is 53.7 Å². The van der Waals surface area contributed by atoms with Gasteiger partial charge in [0.25, 0.3) is 5.91 Å². The molecule has 1 amide bonds. The summed E-state index contributed by atoms with van der Waals surface area (Å²) in [4.78, 5) is 16.7. The molecule has 0 bridgehead atoms. The molecule has 0 aliphatic rings. The summed E-state index contributed by atoms with van der Waals surface area (Å²) < 4.78 is 13.4. The first kappa shape index (κ1) is 26.2. The Labute approximate surface area is 233 Å². The number of carbonyl (C=O) groups excluding carboxylic acids is 1. The summed E-state index contributed by atoms with van der Waals surface area (Å²) in [7, 11) is 0. The lowest BCUT2D eigenvalue weighted by Gasteiger charge is -2.09. The van der Waals surface area contributed by atoms with Crippen molar-refractivity contribution in [2.75, 3.05) is 5.75 Å². The number of hydrogen-bond acceptors (Lipinski definition) is 8. The van der Waals surface area contributed by atoms with E-state index in [9.17, 15) is 4.79 Å². The predicted octanol–water partition coefficient (Wildman–Crippen LogP) is 5.71. The Morgan fingerprint density at radius 2 is 1.97 bits per heavy atom. The summed E-state index contributed by atoms with van der Waals surface area (Å²) in [6.07, 6.45) is 4.86. The molecule has 39 heavy (non-hydrogen) atoms. The summed E-state index contributed by atoms with van der Waals surface area (Å²) in [5.41, 5.74) is 5.15. The van der Waals surface area contributed by atoms with Crippen LogP contribution in [0, 0.1) is 6.92 Å². The molecule has 0 unspecified atom stereocenters. The molecule has 0 aliphatic heterocycles. The maximum absolute atomic E-state index is 12.5. The number of benzene rings is 2. The largest absolute Gasteiger partial charge is 0.484 e. The van der Waals surface area contributed by atoms with Gasteiger partial charge in [0.15, 0.2) is 11.0 Å². The number of thioether (sulfide) groups is 1. The molecule has 0 saturated carbocycles. The van der Waals surface area contributed by atoms with Crippen LogP contribution in [0.25, 0.3) is 17.1 Å². The van der Waals surface area contributed by atoms with Crippen molar-refractivity contribution in [3.8, 4) is 22.8 Å². The number of pyridine rings is 1. The monoisotopic (exact) mass is 558 g/mol. The molecule has 5 rings (SSSR count). The molecule has 0 aliphatic carbocycles. The van der Waals surface area contributed by atoms with Crippen LogP contribution in [0.1, 0.15) is 17.1 Å². The molecule has 0 saturated heterocycles. The first-order valence-corrected chi connectivity index (χ1v) is 13.3. The maximum Gasteiger partial charge on any atom is 0.250 e. The fraction of sp³-hybridized carbons (Fsp3) is 0.107. The topological polar surface area (TPSA) is 107 Å². The minimum Gasteiger partial charge on any atom is -0.484 e. The molecular weight excluding hydrogens is 536 g/mol.